The first-order valence-corrected chi connectivity index (χ1v) is 14.3. The zero-order valence-corrected chi connectivity index (χ0v) is 22.8. The average molecular weight is 586 g/mol. The summed E-state index contributed by atoms with van der Waals surface area (Å²) in [6.07, 6.45) is 0.734. The number of rotatable bonds is 10. The van der Waals surface area contributed by atoms with Gasteiger partial charge in [0.2, 0.25) is 21.1 Å². The van der Waals surface area contributed by atoms with Crippen LogP contribution >= 0.6 is 27.3 Å². The van der Waals surface area contributed by atoms with Crippen LogP contribution in [0.1, 0.15) is 28.5 Å². The highest BCUT2D eigenvalue weighted by atomic mass is 79.9. The summed E-state index contributed by atoms with van der Waals surface area (Å²) in [5.41, 5.74) is 2.00. The first kappa shape index (κ1) is 26.2. The number of carbonyl (C=O) groups is 1. The monoisotopic (exact) mass is 584 g/mol. The predicted molar refractivity (Wildman–Crippen MR) is 146 cm³/mol. The Balaban J connectivity index is 1.45. The summed E-state index contributed by atoms with van der Waals surface area (Å²) in [4.78, 5) is 13.2. The third-order valence-corrected chi connectivity index (χ3v) is 8.82. The summed E-state index contributed by atoms with van der Waals surface area (Å²) in [5.74, 6) is -0.598. The van der Waals surface area contributed by atoms with E-state index in [9.17, 15) is 13.2 Å². The normalized spacial score (nSPS) is 12.4. The van der Waals surface area contributed by atoms with Gasteiger partial charge in [-0.25, -0.2) is 12.7 Å². The van der Waals surface area contributed by atoms with E-state index >= 15 is 0 Å². The van der Waals surface area contributed by atoms with Gasteiger partial charge in [-0.2, -0.15) is 0 Å². The molecule has 1 N–H and O–H groups in total. The maximum atomic E-state index is 13.1. The fourth-order valence-electron chi connectivity index (χ4n) is 3.75. The number of sulfonamides is 1. The van der Waals surface area contributed by atoms with E-state index in [0.717, 1.165) is 20.6 Å². The van der Waals surface area contributed by atoms with Gasteiger partial charge in [0.05, 0.1) is 4.90 Å². The molecule has 0 aliphatic heterocycles. The summed E-state index contributed by atoms with van der Waals surface area (Å²) in [6.45, 7) is 0.144. The first-order chi connectivity index (χ1) is 17.3. The van der Waals surface area contributed by atoms with Crippen molar-refractivity contribution in [3.8, 4) is 0 Å². The minimum atomic E-state index is -3.72. The molecule has 186 valence electrons. The number of halogens is 1. The van der Waals surface area contributed by atoms with Crippen molar-refractivity contribution >= 4 is 48.3 Å². The number of nitrogens with one attached hydrogen (secondary N) is 1. The number of anilines is 1. The molecule has 10 heteroatoms. The molecule has 0 saturated heterocycles. The number of hydrogen-bond acceptors (Lipinski definition) is 6. The number of aromatic nitrogens is 2. The van der Waals surface area contributed by atoms with Gasteiger partial charge in [-0.3, -0.25) is 4.79 Å². The summed E-state index contributed by atoms with van der Waals surface area (Å²) < 4.78 is 28.4. The largest absolute Gasteiger partial charge is 0.301 e. The Hall–Kier alpha value is -2.92. The van der Waals surface area contributed by atoms with Gasteiger partial charge in [0, 0.05) is 36.8 Å². The lowest BCUT2D eigenvalue weighted by Gasteiger charge is -2.24. The van der Waals surface area contributed by atoms with E-state index in [-0.39, 0.29) is 29.7 Å². The van der Waals surface area contributed by atoms with E-state index in [1.54, 1.807) is 24.3 Å². The van der Waals surface area contributed by atoms with Crippen LogP contribution in [-0.4, -0.2) is 42.4 Å². The molecular formula is C26H25BrN4O3S2. The Morgan fingerprint density at radius 3 is 2.28 bits per heavy atom. The third kappa shape index (κ3) is 6.85. The van der Waals surface area contributed by atoms with Gasteiger partial charge in [-0.05, 0) is 35.4 Å². The van der Waals surface area contributed by atoms with Gasteiger partial charge in [0.1, 0.15) is 5.01 Å². The fourth-order valence-corrected chi connectivity index (χ4v) is 6.02. The lowest BCUT2D eigenvalue weighted by molar-refractivity contribution is -0.116. The van der Waals surface area contributed by atoms with Gasteiger partial charge in [0.15, 0.2) is 0 Å². The summed E-state index contributed by atoms with van der Waals surface area (Å²) in [7, 11) is -2.19. The van der Waals surface area contributed by atoms with E-state index < -0.39 is 10.0 Å². The molecule has 1 amide bonds. The second-order valence-corrected chi connectivity index (χ2v) is 12.3. The molecule has 36 heavy (non-hydrogen) atoms. The highest BCUT2D eigenvalue weighted by Gasteiger charge is 2.26. The van der Waals surface area contributed by atoms with E-state index in [1.807, 2.05) is 60.7 Å². The molecule has 0 aliphatic carbocycles. The molecule has 1 heterocycles. The predicted octanol–water partition coefficient (Wildman–Crippen LogP) is 5.32. The second-order valence-electron chi connectivity index (χ2n) is 8.26. The van der Waals surface area contributed by atoms with Crippen molar-refractivity contribution in [1.82, 2.24) is 14.5 Å². The van der Waals surface area contributed by atoms with Crippen LogP contribution in [0.2, 0.25) is 0 Å². The molecule has 0 spiro atoms. The van der Waals surface area contributed by atoms with Crippen molar-refractivity contribution in [2.75, 3.05) is 18.9 Å². The van der Waals surface area contributed by atoms with E-state index in [1.165, 1.54) is 22.7 Å². The maximum absolute atomic E-state index is 13.1. The highest BCUT2D eigenvalue weighted by Crippen LogP contribution is 2.26. The van der Waals surface area contributed by atoms with Gasteiger partial charge in [-0.15, -0.1) is 10.2 Å². The molecule has 0 bridgehead atoms. The standard InChI is InChI=1S/C26H25BrN4O3S2/c1-31(36(33,34)23-14-12-22(27)13-15-23)18-21(20-10-6-3-7-11-20)17-24(32)28-26-30-29-25(35-26)16-19-8-4-2-5-9-19/h2-15,21H,16-18H2,1H3,(H,28,30,32)/t21-/m0/s1. The van der Waals surface area contributed by atoms with Gasteiger partial charge in [-0.1, -0.05) is 87.9 Å². The molecular weight excluding hydrogens is 560 g/mol. The number of carbonyl (C=O) groups excluding carboxylic acids is 1. The smallest absolute Gasteiger partial charge is 0.242 e. The van der Waals surface area contributed by atoms with Crippen LogP contribution in [0.25, 0.3) is 0 Å². The van der Waals surface area contributed by atoms with Crippen LogP contribution in [-0.2, 0) is 21.2 Å². The lowest BCUT2D eigenvalue weighted by Crippen LogP contribution is -2.32. The zero-order valence-electron chi connectivity index (χ0n) is 19.5. The molecule has 3 aromatic carbocycles. The first-order valence-electron chi connectivity index (χ1n) is 11.2. The van der Waals surface area contributed by atoms with Crippen LogP contribution in [0, 0.1) is 0 Å². The van der Waals surface area contributed by atoms with Crippen molar-refractivity contribution in [3.05, 3.63) is 106 Å². The summed E-state index contributed by atoms with van der Waals surface area (Å²) in [5, 5.41) is 12.3. The molecule has 0 unspecified atom stereocenters. The minimum absolute atomic E-state index is 0.0950. The molecule has 0 fully saturated rings. The van der Waals surface area contributed by atoms with Crippen molar-refractivity contribution in [1.29, 1.82) is 0 Å². The van der Waals surface area contributed by atoms with Crippen LogP contribution in [0.15, 0.2) is 94.3 Å². The van der Waals surface area contributed by atoms with Gasteiger partial charge >= 0.3 is 0 Å². The number of benzene rings is 3. The van der Waals surface area contributed by atoms with E-state index in [0.29, 0.717) is 11.6 Å². The molecule has 1 atom stereocenters. The van der Waals surface area contributed by atoms with Gasteiger partial charge in [0.25, 0.3) is 0 Å². The summed E-state index contributed by atoms with van der Waals surface area (Å²) in [6, 6.07) is 25.9. The third-order valence-electron chi connectivity index (χ3n) is 5.61. The Bertz CT molecular complexity index is 1400. The topological polar surface area (TPSA) is 92.3 Å². The van der Waals surface area contributed by atoms with Crippen molar-refractivity contribution in [2.24, 2.45) is 0 Å². The number of hydrogen-bond donors (Lipinski definition) is 1. The molecule has 0 saturated carbocycles. The highest BCUT2D eigenvalue weighted by molar-refractivity contribution is 9.10. The SMILES string of the molecule is CN(C[C@H](CC(=O)Nc1nnc(Cc2ccccc2)s1)c1ccccc1)S(=O)(=O)c1ccc(Br)cc1. The second kappa shape index (κ2) is 11.9. The molecule has 0 aliphatic rings. The van der Waals surface area contributed by atoms with Crippen molar-refractivity contribution in [2.45, 2.75) is 23.7 Å². The van der Waals surface area contributed by atoms with Gasteiger partial charge < -0.3 is 5.32 Å². The fraction of sp³-hybridized carbons (Fsp3) is 0.192. The minimum Gasteiger partial charge on any atom is -0.301 e. The van der Waals surface area contributed by atoms with Crippen LogP contribution in [0.3, 0.4) is 0 Å². The number of amides is 1. The molecule has 4 aromatic rings. The zero-order chi connectivity index (χ0) is 25.5. The Kier molecular flexibility index (Phi) is 8.63. The quantitative estimate of drug-likeness (QED) is 0.272. The lowest BCUT2D eigenvalue weighted by atomic mass is 9.95. The molecule has 0 radical (unpaired) electrons. The average Bonchev–Trinajstić information content (AvgIpc) is 3.31. The van der Waals surface area contributed by atoms with E-state index in [2.05, 4.69) is 31.4 Å². The van der Waals surface area contributed by atoms with E-state index in [4.69, 9.17) is 0 Å². The summed E-state index contributed by atoms with van der Waals surface area (Å²) >= 11 is 4.66. The van der Waals surface area contributed by atoms with Crippen molar-refractivity contribution in [3.63, 3.8) is 0 Å². The molecule has 4 rings (SSSR count). The Morgan fingerprint density at radius 2 is 1.61 bits per heavy atom. The Morgan fingerprint density at radius 1 is 0.972 bits per heavy atom. The molecule has 1 aromatic heterocycles. The van der Waals surface area contributed by atoms with Crippen LogP contribution < -0.4 is 5.32 Å². The molecule has 7 nitrogen and oxygen atoms in total. The maximum Gasteiger partial charge on any atom is 0.242 e. The Labute approximate surface area is 223 Å². The van der Waals surface area contributed by atoms with Crippen LogP contribution in [0.4, 0.5) is 5.13 Å². The number of likely N-dealkylation sites (N-methyl/N-ethyl adjacent to an activating group) is 1. The number of nitrogens with zero attached hydrogens (tertiary/aromatic N) is 3. The van der Waals surface area contributed by atoms with Crippen LogP contribution in [0.5, 0.6) is 0 Å². The van der Waals surface area contributed by atoms with Crippen molar-refractivity contribution < 1.29 is 13.2 Å².